The normalized spacial score (nSPS) is 22.3. The second-order valence-electron chi connectivity index (χ2n) is 10.2. The van der Waals surface area contributed by atoms with E-state index in [0.29, 0.717) is 35.5 Å². The van der Waals surface area contributed by atoms with E-state index >= 15 is 0 Å². The maximum absolute atomic E-state index is 13.8. The summed E-state index contributed by atoms with van der Waals surface area (Å²) < 4.78 is 17.1. The van der Waals surface area contributed by atoms with Gasteiger partial charge in [0, 0.05) is 29.3 Å². The molecule has 1 saturated carbocycles. The van der Waals surface area contributed by atoms with Crippen LogP contribution >= 0.6 is 0 Å². The number of hydrogen-bond acceptors (Lipinski definition) is 6. The highest BCUT2D eigenvalue weighted by molar-refractivity contribution is 6.04. The molecule has 0 amide bonds. The van der Waals surface area contributed by atoms with E-state index in [2.05, 4.69) is 17.4 Å². The molecule has 1 fully saturated rings. The highest BCUT2D eigenvalue weighted by atomic mass is 16.5. The molecule has 2 aromatic carbocycles. The van der Waals surface area contributed by atoms with E-state index in [9.17, 15) is 9.59 Å². The molecule has 194 valence electrons. The van der Waals surface area contributed by atoms with Gasteiger partial charge in [-0.2, -0.15) is 0 Å². The van der Waals surface area contributed by atoms with E-state index < -0.39 is 5.92 Å². The number of dihydropyridines is 1. The van der Waals surface area contributed by atoms with Crippen LogP contribution in [0.3, 0.4) is 0 Å². The molecule has 0 radical (unpaired) electrons. The van der Waals surface area contributed by atoms with Crippen LogP contribution in [0.1, 0.15) is 74.8 Å². The number of benzene rings is 2. The Morgan fingerprint density at radius 3 is 2.32 bits per heavy atom. The first-order valence-electron chi connectivity index (χ1n) is 13.2. The highest BCUT2D eigenvalue weighted by Crippen LogP contribution is 2.47. The van der Waals surface area contributed by atoms with Gasteiger partial charge in [-0.3, -0.25) is 4.79 Å². The second kappa shape index (κ2) is 10.8. The average Bonchev–Trinajstić information content (AvgIpc) is 2.92. The zero-order valence-electron chi connectivity index (χ0n) is 21.8. The number of ether oxygens (including phenoxy) is 3. The number of Topliss-reactive ketones (excluding diaryl/α,β-unsaturated/α-hetero) is 1. The summed E-state index contributed by atoms with van der Waals surface area (Å²) in [6.07, 6.45) is 6.13. The number of allylic oxidation sites excluding steroid dienone is 3. The average molecular weight is 502 g/mol. The van der Waals surface area contributed by atoms with Crippen LogP contribution in [-0.4, -0.2) is 32.1 Å². The molecule has 2 aromatic rings. The van der Waals surface area contributed by atoms with E-state index in [0.717, 1.165) is 48.2 Å². The summed E-state index contributed by atoms with van der Waals surface area (Å²) in [5.74, 6) is 0.425. The predicted molar refractivity (Wildman–Crippen MR) is 142 cm³/mol. The predicted octanol–water partition coefficient (Wildman–Crippen LogP) is 5.94. The fourth-order valence-corrected chi connectivity index (χ4v) is 6.03. The van der Waals surface area contributed by atoms with Crippen molar-refractivity contribution in [1.29, 1.82) is 0 Å². The third-order valence-corrected chi connectivity index (χ3v) is 7.89. The summed E-state index contributed by atoms with van der Waals surface area (Å²) in [5.41, 5.74) is 4.74. The van der Waals surface area contributed by atoms with Crippen molar-refractivity contribution in [2.45, 2.75) is 69.8 Å². The van der Waals surface area contributed by atoms with E-state index in [1.807, 2.05) is 43.3 Å². The minimum Gasteiger partial charge on any atom is -0.493 e. The van der Waals surface area contributed by atoms with Gasteiger partial charge in [-0.1, -0.05) is 42.8 Å². The first-order chi connectivity index (χ1) is 18.0. The molecule has 1 aliphatic heterocycles. The molecule has 0 unspecified atom stereocenters. The van der Waals surface area contributed by atoms with Crippen molar-refractivity contribution in [1.82, 2.24) is 5.32 Å². The summed E-state index contributed by atoms with van der Waals surface area (Å²) in [6.45, 7) is 1.91. The van der Waals surface area contributed by atoms with Crippen molar-refractivity contribution >= 4 is 11.8 Å². The molecule has 6 nitrogen and oxygen atoms in total. The SMILES string of the molecule is COc1ccc([C@H]2C(C(=O)OC3CCCCC3)=C(C)NC3=C2C(=O)C[C@H](c2ccccc2)C3)cc1OC. The van der Waals surface area contributed by atoms with Crippen LogP contribution in [-0.2, 0) is 14.3 Å². The van der Waals surface area contributed by atoms with Gasteiger partial charge >= 0.3 is 5.97 Å². The Hall–Kier alpha value is -3.54. The zero-order valence-corrected chi connectivity index (χ0v) is 21.8. The van der Waals surface area contributed by atoms with Crippen LogP contribution in [0.5, 0.6) is 11.5 Å². The highest BCUT2D eigenvalue weighted by Gasteiger charge is 2.42. The Morgan fingerprint density at radius 1 is 0.892 bits per heavy atom. The molecular weight excluding hydrogens is 466 g/mol. The first kappa shape index (κ1) is 25.1. The first-order valence-corrected chi connectivity index (χ1v) is 13.2. The van der Waals surface area contributed by atoms with Crippen molar-refractivity contribution in [3.8, 4) is 11.5 Å². The summed E-state index contributed by atoms with van der Waals surface area (Å²) in [7, 11) is 3.18. The Morgan fingerprint density at radius 2 is 1.62 bits per heavy atom. The number of hydrogen-bond donors (Lipinski definition) is 1. The lowest BCUT2D eigenvalue weighted by Crippen LogP contribution is -2.37. The summed E-state index contributed by atoms with van der Waals surface area (Å²) >= 11 is 0. The summed E-state index contributed by atoms with van der Waals surface area (Å²) in [5, 5.41) is 3.45. The quantitative estimate of drug-likeness (QED) is 0.494. The zero-order chi connectivity index (χ0) is 25.9. The number of methoxy groups -OCH3 is 2. The Labute approximate surface area is 218 Å². The largest absolute Gasteiger partial charge is 0.493 e. The van der Waals surface area contributed by atoms with Crippen molar-refractivity contribution in [3.63, 3.8) is 0 Å². The summed E-state index contributed by atoms with van der Waals surface area (Å²) in [6, 6.07) is 15.8. The molecule has 0 bridgehead atoms. The molecule has 2 atom stereocenters. The van der Waals surface area contributed by atoms with Gasteiger partial charge in [0.2, 0.25) is 0 Å². The van der Waals surface area contributed by atoms with Gasteiger partial charge in [0.1, 0.15) is 6.10 Å². The molecule has 0 spiro atoms. The van der Waals surface area contributed by atoms with Crippen molar-refractivity contribution in [2.75, 3.05) is 14.2 Å². The fraction of sp³-hybridized carbons (Fsp3) is 0.419. The van der Waals surface area contributed by atoms with Crippen molar-refractivity contribution in [3.05, 3.63) is 82.2 Å². The molecule has 37 heavy (non-hydrogen) atoms. The van der Waals surface area contributed by atoms with Gasteiger partial charge in [0.05, 0.1) is 19.8 Å². The standard InChI is InChI=1S/C31H35NO5/c1-19-28(31(34)37-23-12-8-5-9-13-23)29(21-14-15-26(35-2)27(18-21)36-3)30-24(32-19)16-22(17-25(30)33)20-10-6-4-7-11-20/h4,6-7,10-11,14-15,18,22-23,29,32H,5,8-9,12-13,16-17H2,1-3H3/t22-,29+/m1/s1. The molecule has 0 aromatic heterocycles. The molecule has 6 heteroatoms. The van der Waals surface area contributed by atoms with Crippen LogP contribution in [0, 0.1) is 0 Å². The number of esters is 1. The van der Waals surface area contributed by atoms with E-state index in [1.54, 1.807) is 14.2 Å². The van der Waals surface area contributed by atoms with Gasteiger partial charge in [0.15, 0.2) is 17.3 Å². The number of rotatable bonds is 6. The maximum Gasteiger partial charge on any atom is 0.337 e. The lowest BCUT2D eigenvalue weighted by atomic mass is 9.71. The van der Waals surface area contributed by atoms with Crippen molar-refractivity contribution < 1.29 is 23.8 Å². The van der Waals surface area contributed by atoms with Crippen molar-refractivity contribution in [2.24, 2.45) is 0 Å². The maximum atomic E-state index is 13.8. The van der Waals surface area contributed by atoms with E-state index in [1.165, 1.54) is 6.42 Å². The van der Waals surface area contributed by atoms with Gasteiger partial charge in [0.25, 0.3) is 0 Å². The van der Waals surface area contributed by atoms with Crippen LogP contribution in [0.4, 0.5) is 0 Å². The Kier molecular flexibility index (Phi) is 7.36. The molecule has 5 rings (SSSR count). The Balaban J connectivity index is 1.56. The number of carbonyl (C=O) groups excluding carboxylic acids is 2. The van der Waals surface area contributed by atoms with Crippen LogP contribution < -0.4 is 14.8 Å². The van der Waals surface area contributed by atoms with Gasteiger partial charge in [-0.05, 0) is 68.2 Å². The van der Waals surface area contributed by atoms with Gasteiger partial charge in [-0.15, -0.1) is 0 Å². The third kappa shape index (κ3) is 5.02. The minimum absolute atomic E-state index is 0.0536. The molecule has 1 heterocycles. The number of nitrogens with one attached hydrogen (secondary N) is 1. The van der Waals surface area contributed by atoms with Gasteiger partial charge < -0.3 is 19.5 Å². The molecule has 0 saturated heterocycles. The second-order valence-corrected chi connectivity index (χ2v) is 10.2. The smallest absolute Gasteiger partial charge is 0.337 e. The number of ketones is 1. The third-order valence-electron chi connectivity index (χ3n) is 7.89. The lowest BCUT2D eigenvalue weighted by molar-refractivity contribution is -0.146. The monoisotopic (exact) mass is 501 g/mol. The molecule has 3 aliphatic rings. The molecular formula is C31H35NO5. The fourth-order valence-electron chi connectivity index (χ4n) is 6.03. The minimum atomic E-state index is -0.531. The van der Waals surface area contributed by atoms with E-state index in [-0.39, 0.29) is 23.8 Å². The summed E-state index contributed by atoms with van der Waals surface area (Å²) in [4.78, 5) is 27.5. The lowest BCUT2D eigenvalue weighted by Gasteiger charge is -2.37. The topological polar surface area (TPSA) is 73.9 Å². The number of carbonyl (C=O) groups is 2. The van der Waals surface area contributed by atoms with Crippen LogP contribution in [0.2, 0.25) is 0 Å². The molecule has 1 N–H and O–H groups in total. The molecule has 2 aliphatic carbocycles. The van der Waals surface area contributed by atoms with E-state index in [4.69, 9.17) is 14.2 Å². The van der Waals surface area contributed by atoms with Gasteiger partial charge in [-0.25, -0.2) is 4.79 Å². The Bertz CT molecular complexity index is 1240. The van der Waals surface area contributed by atoms with Crippen LogP contribution in [0.25, 0.3) is 0 Å². The van der Waals surface area contributed by atoms with Crippen LogP contribution in [0.15, 0.2) is 71.1 Å².